The van der Waals surface area contributed by atoms with E-state index in [1.54, 1.807) is 0 Å². The van der Waals surface area contributed by atoms with E-state index in [0.717, 1.165) is 36.8 Å². The van der Waals surface area contributed by atoms with Crippen molar-refractivity contribution in [1.82, 2.24) is 10.2 Å². The summed E-state index contributed by atoms with van der Waals surface area (Å²) in [7, 11) is 0. The number of nitrogens with one attached hydrogen (secondary N) is 1. The quantitative estimate of drug-likeness (QED) is 0.906. The molecule has 4 nitrogen and oxygen atoms in total. The number of hydrogen-bond donors (Lipinski definition) is 1. The minimum absolute atomic E-state index is 0.0822. The Morgan fingerprint density at radius 1 is 1.00 bits per heavy atom. The molecule has 2 aromatic rings. The number of carbonyl (C=O) groups is 2. The highest BCUT2D eigenvalue weighted by molar-refractivity contribution is 5.94. The molecule has 1 N–H and O–H groups in total. The van der Waals surface area contributed by atoms with Crippen LogP contribution in [0, 0.1) is 6.92 Å². The van der Waals surface area contributed by atoms with Gasteiger partial charge in [-0.2, -0.15) is 0 Å². The maximum atomic E-state index is 13.0. The first-order valence-electron chi connectivity index (χ1n) is 9.81. The van der Waals surface area contributed by atoms with Crippen LogP contribution in [0.25, 0.3) is 0 Å². The summed E-state index contributed by atoms with van der Waals surface area (Å²) in [5, 5.41) is 3.26. The van der Waals surface area contributed by atoms with E-state index in [2.05, 4.69) is 30.4 Å². The summed E-state index contributed by atoms with van der Waals surface area (Å²) in [5.74, 6) is 0.236. The Kier molecular flexibility index (Phi) is 4.73. The number of piperidine rings is 1. The Bertz CT molecular complexity index is 834. The zero-order valence-electron chi connectivity index (χ0n) is 15.8. The Labute approximate surface area is 160 Å². The molecule has 0 unspecified atom stereocenters. The molecule has 1 saturated carbocycles. The van der Waals surface area contributed by atoms with Crippen molar-refractivity contribution in [3.05, 3.63) is 71.3 Å². The second-order valence-electron chi connectivity index (χ2n) is 7.86. The molecule has 0 spiro atoms. The van der Waals surface area contributed by atoms with Gasteiger partial charge in [0, 0.05) is 24.7 Å². The maximum absolute atomic E-state index is 13.0. The summed E-state index contributed by atoms with van der Waals surface area (Å²) in [4.78, 5) is 27.4. The fourth-order valence-electron chi connectivity index (χ4n) is 4.03. The third-order valence-corrected chi connectivity index (χ3v) is 5.89. The van der Waals surface area contributed by atoms with Crippen LogP contribution >= 0.6 is 0 Å². The van der Waals surface area contributed by atoms with Gasteiger partial charge in [-0.15, -0.1) is 0 Å². The number of carbonyl (C=O) groups excluding carboxylic acids is 2. The lowest BCUT2D eigenvalue weighted by Crippen LogP contribution is -2.48. The van der Waals surface area contributed by atoms with Gasteiger partial charge in [0.05, 0.1) is 5.41 Å². The molecule has 4 heteroatoms. The van der Waals surface area contributed by atoms with E-state index in [1.807, 2.05) is 41.3 Å². The maximum Gasteiger partial charge on any atom is 0.253 e. The summed E-state index contributed by atoms with van der Waals surface area (Å²) < 4.78 is 0. The van der Waals surface area contributed by atoms with E-state index in [9.17, 15) is 9.59 Å². The number of hydrogen-bond acceptors (Lipinski definition) is 2. The Hall–Kier alpha value is -2.62. The van der Waals surface area contributed by atoms with Gasteiger partial charge in [-0.3, -0.25) is 9.59 Å². The first-order chi connectivity index (χ1) is 13.1. The number of nitrogens with zero attached hydrogens (tertiary/aromatic N) is 1. The van der Waals surface area contributed by atoms with Crippen molar-refractivity contribution >= 4 is 11.8 Å². The van der Waals surface area contributed by atoms with Crippen LogP contribution in [0.5, 0.6) is 0 Å². The lowest BCUT2D eigenvalue weighted by molar-refractivity contribution is -0.124. The normalized spacial score (nSPS) is 18.8. The largest absolute Gasteiger partial charge is 0.352 e. The fraction of sp³-hybridized carbons (Fsp3) is 0.391. The van der Waals surface area contributed by atoms with Crippen LogP contribution in [-0.4, -0.2) is 35.8 Å². The van der Waals surface area contributed by atoms with Gasteiger partial charge in [0.2, 0.25) is 5.91 Å². The van der Waals surface area contributed by atoms with E-state index in [1.165, 1.54) is 5.56 Å². The number of likely N-dealkylation sites (tertiary alicyclic amines) is 1. The number of amides is 2. The molecule has 27 heavy (non-hydrogen) atoms. The average Bonchev–Trinajstić information content (AvgIpc) is 3.51. The van der Waals surface area contributed by atoms with Crippen LogP contribution < -0.4 is 5.32 Å². The molecule has 4 rings (SSSR count). The van der Waals surface area contributed by atoms with Crippen LogP contribution in [0.4, 0.5) is 0 Å². The molecule has 0 radical (unpaired) electrons. The van der Waals surface area contributed by atoms with Crippen molar-refractivity contribution in [3.8, 4) is 0 Å². The minimum atomic E-state index is -0.330. The van der Waals surface area contributed by atoms with E-state index < -0.39 is 0 Å². The molecule has 2 fully saturated rings. The van der Waals surface area contributed by atoms with Gasteiger partial charge in [0.1, 0.15) is 0 Å². The highest BCUT2D eigenvalue weighted by Gasteiger charge is 2.51. The van der Waals surface area contributed by atoms with Crippen LogP contribution in [0.1, 0.15) is 47.2 Å². The van der Waals surface area contributed by atoms with Gasteiger partial charge >= 0.3 is 0 Å². The van der Waals surface area contributed by atoms with Crippen LogP contribution in [-0.2, 0) is 10.2 Å². The molecular weight excluding hydrogens is 336 g/mol. The summed E-state index contributed by atoms with van der Waals surface area (Å²) >= 11 is 0. The third-order valence-electron chi connectivity index (χ3n) is 5.89. The number of benzene rings is 2. The monoisotopic (exact) mass is 362 g/mol. The molecule has 1 heterocycles. The van der Waals surface area contributed by atoms with Crippen LogP contribution in [0.3, 0.4) is 0 Å². The SMILES string of the molecule is Cc1cccc(C2(C(=O)NC3CCN(C(=O)c4ccccc4)CC3)CC2)c1. The Morgan fingerprint density at radius 3 is 2.33 bits per heavy atom. The molecule has 1 aliphatic carbocycles. The van der Waals surface area contributed by atoms with Crippen LogP contribution in [0.2, 0.25) is 0 Å². The van der Waals surface area contributed by atoms with Crippen molar-refractivity contribution in [1.29, 1.82) is 0 Å². The summed E-state index contributed by atoms with van der Waals surface area (Å²) in [5.41, 5.74) is 2.73. The first kappa shape index (κ1) is 17.8. The topological polar surface area (TPSA) is 49.4 Å². The summed E-state index contributed by atoms with van der Waals surface area (Å²) in [6.07, 6.45) is 3.48. The van der Waals surface area contributed by atoms with Gasteiger partial charge < -0.3 is 10.2 Å². The van der Waals surface area contributed by atoms with E-state index in [0.29, 0.717) is 13.1 Å². The molecule has 1 aliphatic heterocycles. The summed E-state index contributed by atoms with van der Waals surface area (Å²) in [6, 6.07) is 17.9. The molecule has 2 amide bonds. The van der Waals surface area contributed by atoms with Crippen LogP contribution in [0.15, 0.2) is 54.6 Å². The zero-order valence-corrected chi connectivity index (χ0v) is 15.8. The average molecular weight is 362 g/mol. The highest BCUT2D eigenvalue weighted by Crippen LogP contribution is 2.48. The number of rotatable bonds is 4. The predicted octanol–water partition coefficient (Wildman–Crippen LogP) is 3.45. The second kappa shape index (κ2) is 7.18. The Balaban J connectivity index is 1.34. The third kappa shape index (κ3) is 3.61. The van der Waals surface area contributed by atoms with E-state index in [4.69, 9.17) is 0 Å². The smallest absolute Gasteiger partial charge is 0.253 e. The van der Waals surface area contributed by atoms with Crippen molar-refractivity contribution < 1.29 is 9.59 Å². The van der Waals surface area contributed by atoms with Gasteiger partial charge in [0.25, 0.3) is 5.91 Å². The second-order valence-corrected chi connectivity index (χ2v) is 7.86. The predicted molar refractivity (Wildman–Crippen MR) is 106 cm³/mol. The fourth-order valence-corrected chi connectivity index (χ4v) is 4.03. The summed E-state index contributed by atoms with van der Waals surface area (Å²) in [6.45, 7) is 3.45. The van der Waals surface area contributed by atoms with E-state index >= 15 is 0 Å². The molecule has 2 aromatic carbocycles. The molecule has 0 aromatic heterocycles. The lowest BCUT2D eigenvalue weighted by Gasteiger charge is -2.33. The molecule has 0 atom stereocenters. The molecule has 2 aliphatic rings. The molecule has 140 valence electrons. The lowest BCUT2D eigenvalue weighted by atomic mass is 9.92. The Morgan fingerprint density at radius 2 is 1.70 bits per heavy atom. The molecule has 0 bridgehead atoms. The van der Waals surface area contributed by atoms with Gasteiger partial charge in [0.15, 0.2) is 0 Å². The first-order valence-corrected chi connectivity index (χ1v) is 9.81. The molecular formula is C23H26N2O2. The van der Waals surface area contributed by atoms with Crippen molar-refractivity contribution in [2.45, 2.75) is 44.1 Å². The number of aryl methyl sites for hydroxylation is 1. The van der Waals surface area contributed by atoms with Gasteiger partial charge in [-0.1, -0.05) is 48.0 Å². The van der Waals surface area contributed by atoms with Crippen molar-refractivity contribution in [2.75, 3.05) is 13.1 Å². The van der Waals surface area contributed by atoms with E-state index in [-0.39, 0.29) is 23.3 Å². The highest BCUT2D eigenvalue weighted by atomic mass is 16.2. The minimum Gasteiger partial charge on any atom is -0.352 e. The molecule has 1 saturated heterocycles. The zero-order chi connectivity index (χ0) is 18.9. The van der Waals surface area contributed by atoms with Gasteiger partial charge in [-0.25, -0.2) is 0 Å². The van der Waals surface area contributed by atoms with Gasteiger partial charge in [-0.05, 0) is 50.3 Å². The standard InChI is InChI=1S/C23H26N2O2/c1-17-6-5-9-19(16-17)23(12-13-23)22(27)24-20-10-14-25(15-11-20)21(26)18-7-3-2-4-8-18/h2-9,16,20H,10-15H2,1H3,(H,24,27). The van der Waals surface area contributed by atoms with Crippen molar-refractivity contribution in [3.63, 3.8) is 0 Å². The van der Waals surface area contributed by atoms with Crippen molar-refractivity contribution in [2.24, 2.45) is 0 Å².